The molecule has 406 valence electrons. The third kappa shape index (κ3) is 14.7. The van der Waals surface area contributed by atoms with E-state index in [-0.39, 0.29) is 16.6 Å². The van der Waals surface area contributed by atoms with Crippen LogP contribution in [-0.2, 0) is 9.47 Å². The number of carbonyl (C=O) groups excluding carboxylic acids is 2. The standard InChI is InChI=1S/C17H28N2O2.2C11H19N3.C10H17N.C8H15NO2S/c1-11(18-15(20)21-16(2,3)4)19-17-8-12-5-13(9-17)7-14(6-12)10-17;2*12-10(13)14-11-4-7-1-8(5-11)3-9(2-7)6-11;11-10-4-7-1-8(5-10)3-9(2-7)6-10;1-6(12-5)9-7(10)11-8(2,3)4/h12-14,19H,1,5-10H2,2-4H3,(H,18,20);2*7-9H,1-6H2,(H4,12,13,14);7-9H,1-6,11H2;1H2,2-5H3,(H,9,10). The first kappa shape index (κ1) is 54.9. The number of nitrogens with one attached hydrogen (secondary N) is 3. The minimum atomic E-state index is -0.481. The van der Waals surface area contributed by atoms with Crippen LogP contribution in [0.4, 0.5) is 9.59 Å². The van der Waals surface area contributed by atoms with E-state index in [2.05, 4.69) is 39.1 Å². The molecule has 0 aliphatic heterocycles. The van der Waals surface area contributed by atoms with E-state index in [0.29, 0.717) is 28.3 Å². The average molecular weight is 1020 g/mol. The molecule has 0 aromatic rings. The smallest absolute Gasteiger partial charge is 0.413 e. The Morgan fingerprint density at radius 3 is 1.00 bits per heavy atom. The van der Waals surface area contributed by atoms with Gasteiger partial charge in [0.25, 0.3) is 0 Å². The number of hydrogen-bond donors (Lipinski definition) is 8. The Bertz CT molecular complexity index is 1830. The molecule has 0 heterocycles. The zero-order valence-electron chi connectivity index (χ0n) is 45.6. The number of thioether (sulfide) groups is 1. The van der Waals surface area contributed by atoms with E-state index < -0.39 is 23.4 Å². The fourth-order valence-corrected chi connectivity index (χ4v) is 18.8. The van der Waals surface area contributed by atoms with Crippen LogP contribution in [0.5, 0.6) is 0 Å². The van der Waals surface area contributed by atoms with Crippen molar-refractivity contribution in [2.75, 3.05) is 6.26 Å². The lowest BCUT2D eigenvalue weighted by Gasteiger charge is -2.57. The Labute approximate surface area is 438 Å². The van der Waals surface area contributed by atoms with Gasteiger partial charge in [-0.15, -0.1) is 11.8 Å². The van der Waals surface area contributed by atoms with E-state index in [1.807, 2.05) is 47.8 Å². The maximum Gasteiger partial charge on any atom is 0.413 e. The molecular formula is C57H98N10O4S. The normalized spacial score (nSPS) is 41.0. The maximum absolute atomic E-state index is 11.8. The molecule has 0 atom stereocenters. The molecule has 0 radical (unpaired) electrons. The summed E-state index contributed by atoms with van der Waals surface area (Å²) in [6.07, 6.45) is 33.6. The first-order valence-electron chi connectivity index (χ1n) is 28.3. The minimum absolute atomic E-state index is 0.160. The monoisotopic (exact) mass is 1020 g/mol. The Balaban J connectivity index is 0.000000123. The van der Waals surface area contributed by atoms with Crippen molar-refractivity contribution >= 4 is 35.9 Å². The topological polar surface area (TPSA) is 244 Å². The number of carbonyl (C=O) groups is 2. The Hall–Kier alpha value is -3.33. The number of rotatable bonds is 7. The molecule has 15 heteroatoms. The lowest BCUT2D eigenvalue weighted by atomic mass is 9.53. The highest BCUT2D eigenvalue weighted by atomic mass is 32.2. The molecule has 16 saturated carbocycles. The highest BCUT2D eigenvalue weighted by Crippen LogP contribution is 2.59. The van der Waals surface area contributed by atoms with Gasteiger partial charge in [0, 0.05) is 11.1 Å². The number of alkyl carbamates (subject to hydrolysis) is 2. The van der Waals surface area contributed by atoms with Crippen LogP contribution in [0, 0.1) is 71.0 Å². The fraction of sp³-hybridized carbons (Fsp3) is 0.860. The Kier molecular flexibility index (Phi) is 16.3. The molecule has 0 saturated heterocycles. The van der Waals surface area contributed by atoms with Crippen LogP contribution in [0.15, 0.2) is 34.0 Å². The summed E-state index contributed by atoms with van der Waals surface area (Å²) >= 11 is 1.37. The van der Waals surface area contributed by atoms with Gasteiger partial charge < -0.3 is 43.5 Å². The lowest BCUT2D eigenvalue weighted by molar-refractivity contribution is -0.0158. The number of ether oxygens (including phenoxy) is 2. The van der Waals surface area contributed by atoms with Gasteiger partial charge in [0.1, 0.15) is 17.0 Å². The van der Waals surface area contributed by atoms with Gasteiger partial charge in [0.15, 0.2) is 11.9 Å². The van der Waals surface area contributed by atoms with Gasteiger partial charge in [-0.1, -0.05) is 13.2 Å². The predicted octanol–water partition coefficient (Wildman–Crippen LogP) is 10.3. The molecule has 0 unspecified atom stereocenters. The van der Waals surface area contributed by atoms with Crippen molar-refractivity contribution in [2.45, 2.75) is 229 Å². The summed E-state index contributed by atoms with van der Waals surface area (Å²) in [6.45, 7) is 18.6. The number of nitrogens with two attached hydrogens (primary N) is 5. The zero-order valence-corrected chi connectivity index (χ0v) is 46.5. The Morgan fingerprint density at radius 2 is 0.750 bits per heavy atom. The molecule has 0 aromatic carbocycles. The molecule has 2 amide bonds. The van der Waals surface area contributed by atoms with Gasteiger partial charge in [-0.25, -0.2) is 19.6 Å². The first-order valence-corrected chi connectivity index (χ1v) is 29.5. The van der Waals surface area contributed by atoms with Crippen LogP contribution in [-0.4, -0.2) is 63.7 Å². The van der Waals surface area contributed by atoms with Crippen molar-refractivity contribution in [3.8, 4) is 0 Å². The molecular weight excluding hydrogens is 921 g/mol. The number of aliphatic imine (C=N–C) groups is 2. The van der Waals surface area contributed by atoms with Crippen LogP contribution >= 0.6 is 11.8 Å². The number of nitrogens with zero attached hydrogens (tertiary/aromatic N) is 2. The highest BCUT2D eigenvalue weighted by molar-refractivity contribution is 8.02. The summed E-state index contributed by atoms with van der Waals surface area (Å²) in [5.41, 5.74) is 28.3. The predicted molar refractivity (Wildman–Crippen MR) is 293 cm³/mol. The second kappa shape index (κ2) is 21.4. The van der Waals surface area contributed by atoms with Crippen molar-refractivity contribution in [3.63, 3.8) is 0 Å². The summed E-state index contributed by atoms with van der Waals surface area (Å²) in [6, 6.07) is 0. The van der Waals surface area contributed by atoms with E-state index in [0.717, 1.165) is 71.0 Å². The van der Waals surface area contributed by atoms with E-state index >= 15 is 0 Å². The van der Waals surface area contributed by atoms with Crippen LogP contribution in [0.3, 0.4) is 0 Å². The third-order valence-electron chi connectivity index (χ3n) is 18.8. The third-order valence-corrected chi connectivity index (χ3v) is 19.4. The Morgan fingerprint density at radius 1 is 0.486 bits per heavy atom. The summed E-state index contributed by atoms with van der Waals surface area (Å²) in [4.78, 5) is 31.9. The molecule has 14 nitrogen and oxygen atoms in total. The van der Waals surface area contributed by atoms with Crippen LogP contribution in [0.1, 0.15) is 196 Å². The molecule has 0 spiro atoms. The van der Waals surface area contributed by atoms with Crippen molar-refractivity contribution in [1.29, 1.82) is 0 Å². The van der Waals surface area contributed by atoms with Crippen molar-refractivity contribution < 1.29 is 19.1 Å². The van der Waals surface area contributed by atoms with E-state index in [4.69, 9.17) is 38.1 Å². The molecule has 16 aliphatic rings. The van der Waals surface area contributed by atoms with Gasteiger partial charge in [0.05, 0.1) is 16.1 Å². The van der Waals surface area contributed by atoms with Crippen LogP contribution in [0.2, 0.25) is 0 Å². The molecule has 0 aromatic heterocycles. The van der Waals surface area contributed by atoms with Gasteiger partial charge in [-0.2, -0.15) is 0 Å². The van der Waals surface area contributed by atoms with Gasteiger partial charge >= 0.3 is 12.2 Å². The molecule has 16 fully saturated rings. The van der Waals surface area contributed by atoms with E-state index in [9.17, 15) is 9.59 Å². The van der Waals surface area contributed by atoms with E-state index in [1.165, 1.54) is 166 Å². The van der Waals surface area contributed by atoms with Gasteiger partial charge in [-0.05, 0) is 273 Å². The number of guanidine groups is 2. The molecule has 16 aliphatic carbocycles. The van der Waals surface area contributed by atoms with Crippen LogP contribution < -0.4 is 44.6 Å². The maximum atomic E-state index is 11.8. The van der Waals surface area contributed by atoms with Gasteiger partial charge in [0.2, 0.25) is 0 Å². The van der Waals surface area contributed by atoms with Crippen LogP contribution in [0.25, 0.3) is 0 Å². The minimum Gasteiger partial charge on any atom is -0.444 e. The van der Waals surface area contributed by atoms with Gasteiger partial charge in [-0.3, -0.25) is 10.6 Å². The molecule has 16 rings (SSSR count). The fourth-order valence-electron chi connectivity index (χ4n) is 18.6. The van der Waals surface area contributed by atoms with Crippen molar-refractivity contribution in [2.24, 2.45) is 110 Å². The van der Waals surface area contributed by atoms with E-state index in [1.54, 1.807) is 0 Å². The first-order chi connectivity index (χ1) is 33.6. The zero-order chi connectivity index (χ0) is 52.0. The van der Waals surface area contributed by atoms with Crippen molar-refractivity contribution in [3.05, 3.63) is 24.0 Å². The summed E-state index contributed by atoms with van der Waals surface area (Å²) in [7, 11) is 0. The molecule has 16 bridgehead atoms. The summed E-state index contributed by atoms with van der Waals surface area (Å²) in [5.74, 6) is 12.4. The average Bonchev–Trinajstić information content (AvgIpc) is 3.16. The lowest BCUT2D eigenvalue weighted by Crippen LogP contribution is -2.59. The molecule has 72 heavy (non-hydrogen) atoms. The van der Waals surface area contributed by atoms with Crippen molar-refractivity contribution in [1.82, 2.24) is 16.0 Å². The summed E-state index contributed by atoms with van der Waals surface area (Å²) in [5, 5.41) is 9.36. The second-order valence-corrected chi connectivity index (χ2v) is 29.2. The number of amides is 2. The largest absolute Gasteiger partial charge is 0.444 e. The summed E-state index contributed by atoms with van der Waals surface area (Å²) < 4.78 is 10.3. The SMILES string of the molecule is C=C(NC(=O)OC(C)(C)C)NC12CC3CC(CC(C3)C1)C2.C=C(NC(=O)OC(C)(C)C)SC.NC(N)=NC12CC3CC(CC(C3)C1)C2.NC(N)=NC12CC3CC(CC(C3)C1)C2.NC12CC3CC(CC(C3)C1)C2. The quantitative estimate of drug-likeness (QED) is 0.0881. The molecule has 13 N–H and O–H groups in total. The number of hydrogen-bond acceptors (Lipinski definition) is 9. The second-order valence-electron chi connectivity index (χ2n) is 28.3. The highest BCUT2D eigenvalue weighted by Gasteiger charge is 2.54.